The molecular weight excluding hydrogens is 640 g/mol. The van der Waals surface area contributed by atoms with Gasteiger partial charge in [-0.3, -0.25) is 0 Å². The summed E-state index contributed by atoms with van der Waals surface area (Å²) in [7, 11) is 0. The van der Waals surface area contributed by atoms with Crippen molar-refractivity contribution in [1.82, 2.24) is 34.9 Å². The number of hydrogen-bond donors (Lipinski definition) is 2. The van der Waals surface area contributed by atoms with Crippen molar-refractivity contribution >= 4 is 22.9 Å². The highest BCUT2D eigenvalue weighted by Crippen LogP contribution is 2.43. The smallest absolute Gasteiger partial charge is 0.317 e. The van der Waals surface area contributed by atoms with Crippen molar-refractivity contribution in [1.29, 1.82) is 0 Å². The van der Waals surface area contributed by atoms with E-state index in [9.17, 15) is 4.79 Å². The average Bonchev–Trinajstić information content (AvgIpc) is 3.79. The highest BCUT2D eigenvalue weighted by molar-refractivity contribution is 5.90. The lowest BCUT2D eigenvalue weighted by Gasteiger charge is -2.36. The summed E-state index contributed by atoms with van der Waals surface area (Å²) in [5.41, 5.74) is 3.25. The topological polar surface area (TPSA) is 101 Å². The number of benzene rings is 3. The Labute approximate surface area is 297 Å². The van der Waals surface area contributed by atoms with Crippen molar-refractivity contribution < 1.29 is 9.18 Å². The third-order valence-corrected chi connectivity index (χ3v) is 10.3. The van der Waals surface area contributed by atoms with Crippen molar-refractivity contribution in [3.8, 4) is 11.5 Å². The van der Waals surface area contributed by atoms with Gasteiger partial charge in [0.1, 0.15) is 11.2 Å². The molecule has 0 spiro atoms. The SMILES string of the molecule is C[C@H]1CCN(C(=O)N[C@@H]2CCCC(Nc3nc(-c4nn(C(c5ccccc5)(c5ccccc5)c5ccccc5)c5ncccc45)ncc3F)C2)C1. The van der Waals surface area contributed by atoms with Gasteiger partial charge in [0.15, 0.2) is 23.1 Å². The molecule has 6 aromatic rings. The molecule has 51 heavy (non-hydrogen) atoms. The molecule has 2 aliphatic rings. The number of likely N-dealkylation sites (tertiary alicyclic amines) is 1. The molecule has 0 bridgehead atoms. The largest absolute Gasteiger partial charge is 0.365 e. The van der Waals surface area contributed by atoms with Crippen LogP contribution in [0.25, 0.3) is 22.6 Å². The molecule has 3 aromatic carbocycles. The van der Waals surface area contributed by atoms with Crippen LogP contribution in [0.15, 0.2) is 116 Å². The molecule has 2 fully saturated rings. The first kappa shape index (κ1) is 32.6. The number of aromatic nitrogens is 5. The number of amides is 2. The monoisotopic (exact) mass is 680 g/mol. The molecule has 2 amide bonds. The van der Waals surface area contributed by atoms with E-state index in [-0.39, 0.29) is 23.9 Å². The van der Waals surface area contributed by atoms with E-state index in [0.29, 0.717) is 29.5 Å². The minimum atomic E-state index is -0.912. The van der Waals surface area contributed by atoms with Crippen molar-refractivity contribution in [2.24, 2.45) is 5.92 Å². The van der Waals surface area contributed by atoms with Crippen LogP contribution in [0.2, 0.25) is 0 Å². The molecule has 1 aliphatic heterocycles. The van der Waals surface area contributed by atoms with Crippen LogP contribution >= 0.6 is 0 Å². The molecule has 1 unspecified atom stereocenters. The summed E-state index contributed by atoms with van der Waals surface area (Å²) in [5.74, 6) is 0.405. The number of hydrogen-bond acceptors (Lipinski definition) is 6. The Hall–Kier alpha value is -5.64. The number of anilines is 1. The maximum absolute atomic E-state index is 15.5. The second kappa shape index (κ2) is 13.9. The lowest BCUT2D eigenvalue weighted by molar-refractivity contribution is 0.198. The Kier molecular flexibility index (Phi) is 8.90. The highest BCUT2D eigenvalue weighted by Gasteiger charge is 2.41. The molecule has 1 aliphatic carbocycles. The highest BCUT2D eigenvalue weighted by atomic mass is 19.1. The summed E-state index contributed by atoms with van der Waals surface area (Å²) in [6, 6.07) is 34.6. The number of pyridine rings is 1. The van der Waals surface area contributed by atoms with Crippen LogP contribution in [0.3, 0.4) is 0 Å². The van der Waals surface area contributed by atoms with E-state index < -0.39 is 11.4 Å². The normalized spacial score (nSPS) is 19.3. The number of fused-ring (bicyclic) bond motifs is 1. The second-order valence-corrected chi connectivity index (χ2v) is 13.8. The molecule has 1 saturated carbocycles. The van der Waals surface area contributed by atoms with E-state index in [1.54, 1.807) is 6.20 Å². The molecule has 9 nitrogen and oxygen atoms in total. The molecule has 4 heterocycles. The quantitative estimate of drug-likeness (QED) is 0.160. The van der Waals surface area contributed by atoms with Crippen LogP contribution < -0.4 is 10.6 Å². The first-order valence-corrected chi connectivity index (χ1v) is 17.9. The van der Waals surface area contributed by atoms with Gasteiger partial charge in [-0.2, -0.15) is 5.10 Å². The summed E-state index contributed by atoms with van der Waals surface area (Å²) in [6.45, 7) is 3.76. The zero-order valence-electron chi connectivity index (χ0n) is 28.6. The number of urea groups is 1. The van der Waals surface area contributed by atoms with Crippen molar-refractivity contribution in [2.75, 3.05) is 18.4 Å². The third kappa shape index (κ3) is 6.19. The second-order valence-electron chi connectivity index (χ2n) is 13.8. The molecule has 3 atom stereocenters. The Morgan fingerprint density at radius 1 is 0.824 bits per heavy atom. The molecule has 8 rings (SSSR count). The Morgan fingerprint density at radius 2 is 1.47 bits per heavy atom. The van der Waals surface area contributed by atoms with Crippen LogP contribution in [-0.2, 0) is 5.54 Å². The van der Waals surface area contributed by atoms with Gasteiger partial charge in [-0.25, -0.2) is 28.8 Å². The van der Waals surface area contributed by atoms with Crippen LogP contribution in [0.1, 0.15) is 55.7 Å². The van der Waals surface area contributed by atoms with Gasteiger partial charge in [0, 0.05) is 31.4 Å². The summed E-state index contributed by atoms with van der Waals surface area (Å²) < 4.78 is 17.4. The Bertz CT molecular complexity index is 2030. The average molecular weight is 681 g/mol. The minimum Gasteiger partial charge on any atom is -0.365 e. The molecular formula is C41H41FN8O. The van der Waals surface area contributed by atoms with Gasteiger partial charge in [-0.05, 0) is 66.8 Å². The van der Waals surface area contributed by atoms with Crippen molar-refractivity contribution in [2.45, 2.75) is 56.7 Å². The van der Waals surface area contributed by atoms with Gasteiger partial charge < -0.3 is 15.5 Å². The lowest BCUT2D eigenvalue weighted by atomic mass is 9.77. The Morgan fingerprint density at radius 3 is 2.10 bits per heavy atom. The van der Waals surface area contributed by atoms with Gasteiger partial charge in [0.25, 0.3) is 0 Å². The zero-order valence-corrected chi connectivity index (χ0v) is 28.6. The van der Waals surface area contributed by atoms with Crippen LogP contribution in [0.4, 0.5) is 15.0 Å². The van der Waals surface area contributed by atoms with Gasteiger partial charge in [-0.15, -0.1) is 0 Å². The van der Waals surface area contributed by atoms with E-state index in [2.05, 4.69) is 58.9 Å². The number of nitrogens with zero attached hydrogens (tertiary/aromatic N) is 6. The maximum atomic E-state index is 15.5. The first-order chi connectivity index (χ1) is 25.0. The van der Waals surface area contributed by atoms with E-state index in [0.717, 1.165) is 60.8 Å². The fourth-order valence-corrected chi connectivity index (χ4v) is 7.87. The van der Waals surface area contributed by atoms with Crippen molar-refractivity contribution in [3.63, 3.8) is 0 Å². The summed E-state index contributed by atoms with van der Waals surface area (Å²) in [4.78, 5) is 29.0. The number of carbonyl (C=O) groups is 1. The molecule has 0 radical (unpaired) electrons. The fraction of sp³-hybridized carbons (Fsp3) is 0.293. The summed E-state index contributed by atoms with van der Waals surface area (Å²) in [6.07, 6.45) is 7.35. The molecule has 1 saturated heterocycles. The van der Waals surface area contributed by atoms with E-state index in [4.69, 9.17) is 15.1 Å². The van der Waals surface area contributed by atoms with E-state index in [1.807, 2.05) is 76.3 Å². The van der Waals surface area contributed by atoms with Gasteiger partial charge in [0.2, 0.25) is 0 Å². The molecule has 10 heteroatoms. The number of rotatable bonds is 8. The van der Waals surface area contributed by atoms with Crippen molar-refractivity contribution in [3.05, 3.63) is 138 Å². The van der Waals surface area contributed by atoms with E-state index in [1.165, 1.54) is 6.20 Å². The van der Waals surface area contributed by atoms with Gasteiger partial charge >= 0.3 is 6.03 Å². The summed E-state index contributed by atoms with van der Waals surface area (Å²) in [5, 5.41) is 12.6. The maximum Gasteiger partial charge on any atom is 0.317 e. The number of carbonyl (C=O) groups excluding carboxylic acids is 1. The Balaban J connectivity index is 1.18. The number of halogens is 1. The minimum absolute atomic E-state index is 0.00541. The van der Waals surface area contributed by atoms with Gasteiger partial charge in [-0.1, -0.05) is 97.9 Å². The molecule has 258 valence electrons. The van der Waals surface area contributed by atoms with Crippen LogP contribution in [0, 0.1) is 11.7 Å². The predicted molar refractivity (Wildman–Crippen MR) is 197 cm³/mol. The summed E-state index contributed by atoms with van der Waals surface area (Å²) >= 11 is 0. The zero-order chi connectivity index (χ0) is 34.8. The predicted octanol–water partition coefficient (Wildman–Crippen LogP) is 7.64. The van der Waals surface area contributed by atoms with Crippen LogP contribution in [0.5, 0.6) is 0 Å². The molecule has 2 N–H and O–H groups in total. The van der Waals surface area contributed by atoms with Gasteiger partial charge in [0.05, 0.1) is 11.6 Å². The van der Waals surface area contributed by atoms with Crippen LogP contribution in [-0.4, -0.2) is 60.8 Å². The number of nitrogens with one attached hydrogen (secondary N) is 2. The molecule has 3 aromatic heterocycles. The third-order valence-electron chi connectivity index (χ3n) is 10.3. The lowest BCUT2D eigenvalue weighted by Crippen LogP contribution is -2.47. The van der Waals surface area contributed by atoms with E-state index >= 15 is 4.39 Å². The standard InChI is InChI=1S/C41H41FN8O/c1-28-22-24-49(27-28)40(51)46-33-20-11-19-32(25-33)45-37-35(42)26-44-38(47-37)36-34-21-12-23-43-39(34)50(48-36)41(29-13-5-2-6-14-29,30-15-7-3-8-16-30)31-17-9-4-10-18-31/h2-10,12-18,21,23,26,28,32-33H,11,19-20,22,24-25,27H2,1H3,(H,46,51)(H,44,45,47)/t28-,32?,33+/m0/s1. The first-order valence-electron chi connectivity index (χ1n) is 17.9. The fourth-order valence-electron chi connectivity index (χ4n) is 7.87.